The molecular weight excluding hydrogens is 240 g/mol. The number of aliphatic hydroxyl groups is 1. The minimum absolute atomic E-state index is 0.0923. The van der Waals surface area contributed by atoms with Crippen LogP contribution in [-0.4, -0.2) is 36.8 Å². The minimum atomic E-state index is -0.137. The van der Waals surface area contributed by atoms with Gasteiger partial charge in [-0.25, -0.2) is 0 Å². The van der Waals surface area contributed by atoms with E-state index in [4.69, 9.17) is 0 Å². The van der Waals surface area contributed by atoms with Gasteiger partial charge >= 0.3 is 0 Å². The summed E-state index contributed by atoms with van der Waals surface area (Å²) < 4.78 is 0. The molecule has 1 saturated carbocycles. The molecule has 3 atom stereocenters. The predicted molar refractivity (Wildman–Crippen MR) is 77.9 cm³/mol. The van der Waals surface area contributed by atoms with Gasteiger partial charge in [0.1, 0.15) is 0 Å². The van der Waals surface area contributed by atoms with Crippen LogP contribution >= 0.6 is 0 Å². The fraction of sp³-hybridized carbons (Fsp3) is 0.933. The van der Waals surface area contributed by atoms with E-state index in [0.29, 0.717) is 11.8 Å². The van der Waals surface area contributed by atoms with E-state index >= 15 is 0 Å². The molecule has 0 radical (unpaired) electrons. The van der Waals surface area contributed by atoms with Gasteiger partial charge in [0.25, 0.3) is 0 Å². The monoisotopic (exact) mass is 270 g/mol. The zero-order valence-corrected chi connectivity index (χ0v) is 12.5. The molecule has 0 aromatic heterocycles. The Bertz CT molecular complexity index is 259. The van der Waals surface area contributed by atoms with E-state index in [9.17, 15) is 9.90 Å². The summed E-state index contributed by atoms with van der Waals surface area (Å²) in [6.07, 6.45) is 6.90. The smallest absolute Gasteiger partial charge is 0.236 e. The van der Waals surface area contributed by atoms with Crippen molar-refractivity contribution in [3.8, 4) is 0 Å². The number of aliphatic hydroxyl groups excluding tert-OH is 1. The number of nitrogens with one attached hydrogen (secondary N) is 2. The second-order valence-electron chi connectivity index (χ2n) is 5.76. The summed E-state index contributed by atoms with van der Waals surface area (Å²) in [6.45, 7) is 5.98. The minimum Gasteiger partial charge on any atom is -0.396 e. The number of unbranched alkanes of at least 4 members (excludes halogenated alkanes) is 2. The van der Waals surface area contributed by atoms with Crippen LogP contribution in [0, 0.1) is 11.8 Å². The Morgan fingerprint density at radius 2 is 2.05 bits per heavy atom. The maximum absolute atomic E-state index is 11.8. The molecule has 0 heterocycles. The molecule has 112 valence electrons. The van der Waals surface area contributed by atoms with Crippen molar-refractivity contribution in [1.29, 1.82) is 0 Å². The number of amides is 1. The molecule has 1 aliphatic carbocycles. The molecule has 4 nitrogen and oxygen atoms in total. The molecule has 0 aromatic rings. The lowest BCUT2D eigenvalue weighted by atomic mass is 9.97. The van der Waals surface area contributed by atoms with Gasteiger partial charge in [0.15, 0.2) is 0 Å². The van der Waals surface area contributed by atoms with Crippen molar-refractivity contribution in [1.82, 2.24) is 10.6 Å². The van der Waals surface area contributed by atoms with Crippen LogP contribution in [0.3, 0.4) is 0 Å². The number of rotatable bonds is 9. The molecule has 0 bridgehead atoms. The first-order valence-corrected chi connectivity index (χ1v) is 7.81. The molecule has 4 heteroatoms. The molecule has 19 heavy (non-hydrogen) atoms. The van der Waals surface area contributed by atoms with E-state index in [1.54, 1.807) is 0 Å². The van der Waals surface area contributed by atoms with E-state index in [-0.39, 0.29) is 18.6 Å². The summed E-state index contributed by atoms with van der Waals surface area (Å²) in [4.78, 5) is 11.8. The third-order valence-electron chi connectivity index (χ3n) is 4.21. The fourth-order valence-electron chi connectivity index (χ4n) is 2.78. The zero-order chi connectivity index (χ0) is 14.1. The van der Waals surface area contributed by atoms with Gasteiger partial charge in [0, 0.05) is 13.2 Å². The Morgan fingerprint density at radius 1 is 1.32 bits per heavy atom. The van der Waals surface area contributed by atoms with Gasteiger partial charge < -0.3 is 15.7 Å². The SMILES string of the molecule is CCCCCNC(=O)C(C)NCC1CCCC1CO. The number of carbonyl (C=O) groups excluding carboxylic acids is 1. The van der Waals surface area contributed by atoms with Crippen LogP contribution in [0.2, 0.25) is 0 Å². The lowest BCUT2D eigenvalue weighted by Gasteiger charge is -2.21. The van der Waals surface area contributed by atoms with E-state index < -0.39 is 0 Å². The first-order valence-electron chi connectivity index (χ1n) is 7.81. The quantitative estimate of drug-likeness (QED) is 0.559. The summed E-state index contributed by atoms with van der Waals surface area (Å²) in [6, 6.07) is -0.137. The largest absolute Gasteiger partial charge is 0.396 e. The summed E-state index contributed by atoms with van der Waals surface area (Å²) in [5.41, 5.74) is 0. The highest BCUT2D eigenvalue weighted by Crippen LogP contribution is 2.30. The van der Waals surface area contributed by atoms with Gasteiger partial charge in [-0.2, -0.15) is 0 Å². The molecule has 3 unspecified atom stereocenters. The van der Waals surface area contributed by atoms with Crippen molar-refractivity contribution in [3.05, 3.63) is 0 Å². The Kier molecular flexibility index (Phi) is 8.07. The Morgan fingerprint density at radius 3 is 2.74 bits per heavy atom. The van der Waals surface area contributed by atoms with Crippen molar-refractivity contribution in [2.45, 2.75) is 58.4 Å². The summed E-state index contributed by atoms with van der Waals surface area (Å²) in [5, 5.41) is 15.5. The van der Waals surface area contributed by atoms with Crippen molar-refractivity contribution in [2.75, 3.05) is 19.7 Å². The van der Waals surface area contributed by atoms with Crippen LogP contribution in [0.1, 0.15) is 52.4 Å². The molecule has 0 saturated heterocycles. The first kappa shape index (κ1) is 16.4. The average Bonchev–Trinajstić information content (AvgIpc) is 2.88. The highest BCUT2D eigenvalue weighted by molar-refractivity contribution is 5.81. The molecular formula is C15H30N2O2. The number of hydrogen-bond acceptors (Lipinski definition) is 3. The zero-order valence-electron chi connectivity index (χ0n) is 12.5. The molecule has 1 aliphatic rings. The summed E-state index contributed by atoms with van der Waals surface area (Å²) in [7, 11) is 0. The third-order valence-corrected chi connectivity index (χ3v) is 4.21. The lowest BCUT2D eigenvalue weighted by Crippen LogP contribution is -2.44. The van der Waals surface area contributed by atoms with Gasteiger partial charge in [0.05, 0.1) is 6.04 Å². The molecule has 0 aliphatic heterocycles. The predicted octanol–water partition coefficient (Wildman–Crippen LogP) is 1.68. The van der Waals surface area contributed by atoms with Gasteiger partial charge in [-0.3, -0.25) is 4.79 Å². The molecule has 1 amide bonds. The molecule has 3 N–H and O–H groups in total. The van der Waals surface area contributed by atoms with E-state index in [2.05, 4.69) is 17.6 Å². The maximum atomic E-state index is 11.8. The highest BCUT2D eigenvalue weighted by atomic mass is 16.3. The second-order valence-corrected chi connectivity index (χ2v) is 5.76. The van der Waals surface area contributed by atoms with Crippen LogP contribution in [-0.2, 0) is 4.79 Å². The Hall–Kier alpha value is -0.610. The molecule has 1 rings (SSSR count). The summed E-state index contributed by atoms with van der Waals surface area (Å²) >= 11 is 0. The van der Waals surface area contributed by atoms with Gasteiger partial charge in [-0.1, -0.05) is 26.2 Å². The standard InChI is InChI=1S/C15H30N2O2/c1-3-4-5-9-16-15(19)12(2)17-10-13-7-6-8-14(13)11-18/h12-14,17-18H,3-11H2,1-2H3,(H,16,19). The van der Waals surface area contributed by atoms with Crippen LogP contribution in [0.15, 0.2) is 0 Å². The third kappa shape index (κ3) is 5.91. The maximum Gasteiger partial charge on any atom is 0.236 e. The van der Waals surface area contributed by atoms with Crippen molar-refractivity contribution < 1.29 is 9.90 Å². The first-order chi connectivity index (χ1) is 9.19. The van der Waals surface area contributed by atoms with Gasteiger partial charge in [-0.15, -0.1) is 0 Å². The number of hydrogen-bond donors (Lipinski definition) is 3. The van der Waals surface area contributed by atoms with Crippen LogP contribution in [0.25, 0.3) is 0 Å². The van der Waals surface area contributed by atoms with Crippen molar-refractivity contribution >= 4 is 5.91 Å². The van der Waals surface area contributed by atoms with Crippen molar-refractivity contribution in [3.63, 3.8) is 0 Å². The van der Waals surface area contributed by atoms with E-state index in [1.165, 1.54) is 25.7 Å². The molecule has 0 aromatic carbocycles. The van der Waals surface area contributed by atoms with Crippen LogP contribution in [0.4, 0.5) is 0 Å². The summed E-state index contributed by atoms with van der Waals surface area (Å²) in [5.74, 6) is 1.04. The second kappa shape index (κ2) is 9.32. The molecule has 1 fully saturated rings. The van der Waals surface area contributed by atoms with E-state index in [1.807, 2.05) is 6.92 Å². The molecule has 0 spiro atoms. The topological polar surface area (TPSA) is 61.4 Å². The average molecular weight is 270 g/mol. The van der Waals surface area contributed by atoms with Crippen LogP contribution in [0.5, 0.6) is 0 Å². The van der Waals surface area contributed by atoms with Gasteiger partial charge in [-0.05, 0) is 44.6 Å². The number of carbonyl (C=O) groups is 1. The van der Waals surface area contributed by atoms with Gasteiger partial charge in [0.2, 0.25) is 5.91 Å². The normalized spacial score (nSPS) is 24.4. The lowest BCUT2D eigenvalue weighted by molar-refractivity contribution is -0.122. The Labute approximate surface area is 117 Å². The van der Waals surface area contributed by atoms with Crippen molar-refractivity contribution in [2.24, 2.45) is 11.8 Å². The Balaban J connectivity index is 2.15. The van der Waals surface area contributed by atoms with E-state index in [0.717, 1.165) is 25.9 Å². The fourth-order valence-corrected chi connectivity index (χ4v) is 2.78. The van der Waals surface area contributed by atoms with Crippen LogP contribution < -0.4 is 10.6 Å². The highest BCUT2D eigenvalue weighted by Gasteiger charge is 2.27.